The summed E-state index contributed by atoms with van der Waals surface area (Å²) >= 11 is 0. The highest BCUT2D eigenvalue weighted by Crippen LogP contribution is 2.15. The molecule has 0 bridgehead atoms. The van der Waals surface area contributed by atoms with Crippen molar-refractivity contribution in [3.8, 4) is 11.8 Å². The summed E-state index contributed by atoms with van der Waals surface area (Å²) < 4.78 is 0. The van der Waals surface area contributed by atoms with E-state index in [1.807, 2.05) is 74.5 Å². The molecular weight excluding hydrogens is 552 g/mol. The summed E-state index contributed by atoms with van der Waals surface area (Å²) in [6.07, 6.45) is 1.20. The molecule has 0 heterocycles. The molecule has 0 aliphatic carbocycles. The highest BCUT2D eigenvalue weighted by atomic mass is 16.3. The summed E-state index contributed by atoms with van der Waals surface area (Å²) in [4.78, 5) is 41.5. The summed E-state index contributed by atoms with van der Waals surface area (Å²) in [6.45, 7) is 7.08. The fourth-order valence-corrected chi connectivity index (χ4v) is 5.03. The van der Waals surface area contributed by atoms with Gasteiger partial charge < -0.3 is 15.3 Å². The molecule has 0 aliphatic heterocycles. The maximum atomic E-state index is 13.7. The Labute approximate surface area is 261 Å². The van der Waals surface area contributed by atoms with Gasteiger partial charge in [0.25, 0.3) is 11.8 Å². The van der Waals surface area contributed by atoms with E-state index in [4.69, 9.17) is 0 Å². The number of nitrogens with one attached hydrogen (secondary N) is 2. The Kier molecular flexibility index (Phi) is 13.6. The number of hydrazine groups is 1. The van der Waals surface area contributed by atoms with Crippen molar-refractivity contribution in [2.45, 2.75) is 58.6 Å². The lowest BCUT2D eigenvalue weighted by Crippen LogP contribution is -2.52. The van der Waals surface area contributed by atoms with Crippen LogP contribution in [0.25, 0.3) is 0 Å². The standard InChI is InChI=1S/C36H44N4O4/c1-5-14-29-21-30(25-31(22-29)36(44)40(19-6-2)20-7-3)35(43)37-32(23-27-15-10-8-11-16-27)33(41)26-39(4)38-34(42)24-28-17-12-9-13-18-28/h8-13,15-18,21-22,25,32-33,41H,6-7,19-20,23-24,26H2,1-4H3,(H,37,43)(H,38,42). The number of rotatable bonds is 15. The van der Waals surface area contributed by atoms with Crippen LogP contribution in [-0.2, 0) is 17.6 Å². The first kappa shape index (κ1) is 34.0. The van der Waals surface area contributed by atoms with E-state index in [2.05, 4.69) is 22.6 Å². The van der Waals surface area contributed by atoms with Gasteiger partial charge in [0.15, 0.2) is 0 Å². The van der Waals surface area contributed by atoms with Crippen molar-refractivity contribution >= 4 is 17.7 Å². The molecule has 44 heavy (non-hydrogen) atoms. The molecule has 0 saturated heterocycles. The first-order chi connectivity index (χ1) is 21.2. The lowest BCUT2D eigenvalue weighted by molar-refractivity contribution is -0.125. The number of aliphatic hydroxyl groups is 1. The largest absolute Gasteiger partial charge is 0.390 e. The Morgan fingerprint density at radius 2 is 1.45 bits per heavy atom. The van der Waals surface area contributed by atoms with E-state index < -0.39 is 18.1 Å². The van der Waals surface area contributed by atoms with Gasteiger partial charge in [0.2, 0.25) is 5.91 Å². The third-order valence-corrected chi connectivity index (χ3v) is 7.05. The molecule has 0 aliphatic rings. The molecule has 3 aromatic carbocycles. The van der Waals surface area contributed by atoms with Crippen LogP contribution in [-0.4, -0.2) is 71.6 Å². The molecule has 0 spiro atoms. The molecule has 0 saturated carbocycles. The highest BCUT2D eigenvalue weighted by molar-refractivity contribution is 6.00. The van der Waals surface area contributed by atoms with Crippen LogP contribution in [0, 0.1) is 11.8 Å². The zero-order valence-electron chi connectivity index (χ0n) is 26.2. The van der Waals surface area contributed by atoms with Gasteiger partial charge in [0.1, 0.15) is 0 Å². The summed E-state index contributed by atoms with van der Waals surface area (Å²) in [5, 5.41) is 15.8. The Hall–Kier alpha value is -4.45. The molecule has 3 rings (SSSR count). The molecule has 3 amide bonds. The van der Waals surface area contributed by atoms with Crippen LogP contribution in [0.3, 0.4) is 0 Å². The van der Waals surface area contributed by atoms with Gasteiger partial charge in [-0.3, -0.25) is 19.8 Å². The zero-order valence-corrected chi connectivity index (χ0v) is 26.2. The van der Waals surface area contributed by atoms with Crippen LogP contribution in [0.5, 0.6) is 0 Å². The maximum absolute atomic E-state index is 13.7. The van der Waals surface area contributed by atoms with Crippen molar-refractivity contribution < 1.29 is 19.5 Å². The molecular formula is C36H44N4O4. The zero-order chi connectivity index (χ0) is 31.9. The molecule has 2 atom stereocenters. The van der Waals surface area contributed by atoms with Crippen molar-refractivity contribution in [1.82, 2.24) is 20.7 Å². The minimum absolute atomic E-state index is 0.0758. The van der Waals surface area contributed by atoms with Gasteiger partial charge in [-0.25, -0.2) is 5.01 Å². The number of amides is 3. The van der Waals surface area contributed by atoms with Crippen molar-refractivity contribution in [2.75, 3.05) is 26.7 Å². The third-order valence-electron chi connectivity index (χ3n) is 7.05. The Balaban J connectivity index is 1.81. The smallest absolute Gasteiger partial charge is 0.253 e. The van der Waals surface area contributed by atoms with Gasteiger partial charge in [-0.05, 0) is 55.5 Å². The second kappa shape index (κ2) is 17.6. The normalized spacial score (nSPS) is 12.0. The van der Waals surface area contributed by atoms with Gasteiger partial charge in [0.05, 0.1) is 18.6 Å². The van der Waals surface area contributed by atoms with Crippen molar-refractivity contribution in [1.29, 1.82) is 0 Å². The van der Waals surface area contributed by atoms with E-state index in [0.717, 1.165) is 24.0 Å². The predicted octanol–water partition coefficient (Wildman–Crippen LogP) is 4.23. The second-order valence-electron chi connectivity index (χ2n) is 10.9. The van der Waals surface area contributed by atoms with E-state index in [9.17, 15) is 19.5 Å². The molecule has 0 aromatic heterocycles. The lowest BCUT2D eigenvalue weighted by atomic mass is 9.99. The van der Waals surface area contributed by atoms with Gasteiger partial charge in [-0.2, -0.15) is 0 Å². The number of hydrogen-bond acceptors (Lipinski definition) is 5. The number of likely N-dealkylation sites (N-methyl/N-ethyl adjacent to an activating group) is 1. The van der Waals surface area contributed by atoms with Gasteiger partial charge >= 0.3 is 0 Å². The molecule has 0 radical (unpaired) electrons. The average Bonchev–Trinajstić information content (AvgIpc) is 3.01. The molecule has 8 nitrogen and oxygen atoms in total. The van der Waals surface area contributed by atoms with Crippen molar-refractivity contribution in [2.24, 2.45) is 0 Å². The van der Waals surface area contributed by atoms with E-state index in [1.165, 1.54) is 5.01 Å². The highest BCUT2D eigenvalue weighted by Gasteiger charge is 2.25. The van der Waals surface area contributed by atoms with E-state index >= 15 is 0 Å². The summed E-state index contributed by atoms with van der Waals surface area (Å²) in [7, 11) is 1.68. The molecule has 232 valence electrons. The summed E-state index contributed by atoms with van der Waals surface area (Å²) in [5.41, 5.74) is 5.87. The summed E-state index contributed by atoms with van der Waals surface area (Å²) in [6, 6.07) is 23.3. The van der Waals surface area contributed by atoms with Gasteiger partial charge in [-0.15, -0.1) is 5.92 Å². The first-order valence-corrected chi connectivity index (χ1v) is 15.2. The van der Waals surface area contributed by atoms with Crippen molar-refractivity contribution in [3.05, 3.63) is 107 Å². The molecule has 8 heteroatoms. The topological polar surface area (TPSA) is 102 Å². The Bertz CT molecular complexity index is 1430. The van der Waals surface area contributed by atoms with Crippen LogP contribution >= 0.6 is 0 Å². The number of benzene rings is 3. The Morgan fingerprint density at radius 3 is 2.05 bits per heavy atom. The van der Waals surface area contributed by atoms with Crippen LogP contribution in [0.2, 0.25) is 0 Å². The number of carbonyl (C=O) groups is 3. The monoisotopic (exact) mass is 596 g/mol. The molecule has 0 fully saturated rings. The quantitative estimate of drug-likeness (QED) is 0.180. The molecule has 3 aromatic rings. The van der Waals surface area contributed by atoms with Crippen LogP contribution < -0.4 is 10.7 Å². The molecule has 3 N–H and O–H groups in total. The minimum Gasteiger partial charge on any atom is -0.390 e. The number of carbonyl (C=O) groups excluding carboxylic acids is 3. The molecule has 2 unspecified atom stereocenters. The number of hydrogen-bond donors (Lipinski definition) is 3. The number of aliphatic hydroxyl groups excluding tert-OH is 1. The van der Waals surface area contributed by atoms with Crippen LogP contribution in [0.4, 0.5) is 0 Å². The fraction of sp³-hybridized carbons (Fsp3) is 0.361. The number of nitrogens with zero attached hydrogens (tertiary/aromatic N) is 2. The Morgan fingerprint density at radius 1 is 0.864 bits per heavy atom. The predicted molar refractivity (Wildman–Crippen MR) is 174 cm³/mol. The van der Waals surface area contributed by atoms with Crippen LogP contribution in [0.1, 0.15) is 71.0 Å². The minimum atomic E-state index is -1.02. The van der Waals surface area contributed by atoms with Gasteiger partial charge in [0, 0.05) is 43.4 Å². The second-order valence-corrected chi connectivity index (χ2v) is 10.9. The first-order valence-electron chi connectivity index (χ1n) is 15.2. The van der Waals surface area contributed by atoms with E-state index in [0.29, 0.717) is 30.6 Å². The summed E-state index contributed by atoms with van der Waals surface area (Å²) in [5.74, 6) is 5.06. The maximum Gasteiger partial charge on any atom is 0.253 e. The average molecular weight is 597 g/mol. The third kappa shape index (κ3) is 10.7. The lowest BCUT2D eigenvalue weighted by Gasteiger charge is -2.28. The van der Waals surface area contributed by atoms with Gasteiger partial charge in [-0.1, -0.05) is 80.4 Å². The van der Waals surface area contributed by atoms with E-state index in [1.54, 1.807) is 37.1 Å². The van der Waals surface area contributed by atoms with E-state index in [-0.39, 0.29) is 30.3 Å². The SMILES string of the molecule is CC#Cc1cc(C(=O)NC(Cc2ccccc2)C(O)CN(C)NC(=O)Cc2ccccc2)cc(C(=O)N(CCC)CCC)c1. The van der Waals surface area contributed by atoms with Crippen molar-refractivity contribution in [3.63, 3.8) is 0 Å². The fourth-order valence-electron chi connectivity index (χ4n) is 5.03. The van der Waals surface area contributed by atoms with Crippen LogP contribution in [0.15, 0.2) is 78.9 Å².